The normalized spacial score (nSPS) is 14.0. The van der Waals surface area contributed by atoms with Crippen LogP contribution in [0.25, 0.3) is 0 Å². The largest absolute Gasteiger partial charge is 0.432 e. The topological polar surface area (TPSA) is 41.6 Å². The number of ether oxygens (including phenoxy) is 1. The van der Waals surface area contributed by atoms with Gasteiger partial charge in [0.15, 0.2) is 0 Å². The molecule has 130 valence electrons. The number of carbonyl (C=O) groups excluding carboxylic acids is 1. The summed E-state index contributed by atoms with van der Waals surface area (Å²) < 4.78 is 6.75. The zero-order valence-corrected chi connectivity index (χ0v) is 16.1. The van der Waals surface area contributed by atoms with Crippen LogP contribution in [0.5, 0.6) is 5.75 Å². The molecule has 0 atom stereocenters. The third-order valence-corrected chi connectivity index (χ3v) is 4.89. The van der Waals surface area contributed by atoms with Crippen molar-refractivity contribution in [3.63, 3.8) is 0 Å². The van der Waals surface area contributed by atoms with Crippen LogP contribution in [0.4, 0.5) is 5.69 Å². The van der Waals surface area contributed by atoms with E-state index in [9.17, 15) is 4.79 Å². The summed E-state index contributed by atoms with van der Waals surface area (Å²) in [5.41, 5.74) is 1.27. The number of carbonyl (C=O) groups is 1. The number of anilines is 1. The molecular weight excluding hydrogens is 400 g/mol. The Kier molecular flexibility index (Phi) is 6.04. The van der Waals surface area contributed by atoms with Crippen LogP contribution in [0, 0.1) is 0 Å². The molecule has 4 nitrogen and oxygen atoms in total. The van der Waals surface area contributed by atoms with Gasteiger partial charge in [-0.05, 0) is 73.9 Å². The first-order valence-electron chi connectivity index (χ1n) is 8.25. The second-order valence-corrected chi connectivity index (χ2v) is 7.17. The maximum absolute atomic E-state index is 12.4. The second-order valence-electron chi connectivity index (χ2n) is 5.90. The molecule has 25 heavy (non-hydrogen) atoms. The van der Waals surface area contributed by atoms with Crippen molar-refractivity contribution >= 4 is 44.9 Å². The maximum atomic E-state index is 12.4. The number of rotatable bonds is 3. The molecule has 1 heterocycles. The number of thiocarbonyl (C=S) groups is 1. The average Bonchev–Trinajstić information content (AvgIpc) is 2.64. The molecule has 0 aliphatic carbocycles. The third-order valence-electron chi connectivity index (χ3n) is 4.02. The summed E-state index contributed by atoms with van der Waals surface area (Å²) in [6.45, 7) is 1.87. The molecule has 1 amide bonds. The van der Waals surface area contributed by atoms with Crippen molar-refractivity contribution in [2.45, 2.75) is 19.3 Å². The van der Waals surface area contributed by atoms with E-state index in [-0.39, 0.29) is 5.91 Å². The van der Waals surface area contributed by atoms with E-state index in [0.29, 0.717) is 16.5 Å². The highest BCUT2D eigenvalue weighted by atomic mass is 79.9. The number of hydrogen-bond acceptors (Lipinski definition) is 3. The molecule has 0 spiro atoms. The molecule has 1 saturated heterocycles. The number of nitrogens with zero attached hydrogens (tertiary/aromatic N) is 1. The van der Waals surface area contributed by atoms with Gasteiger partial charge in [-0.15, -0.1) is 0 Å². The predicted molar refractivity (Wildman–Crippen MR) is 107 cm³/mol. The van der Waals surface area contributed by atoms with E-state index >= 15 is 0 Å². The SMILES string of the molecule is O=C(Nc1ccc(Br)cc1)c1cccc(OC(=S)N2CCCCC2)c1. The third kappa shape index (κ3) is 5.03. The fourth-order valence-corrected chi connectivity index (χ4v) is 3.22. The van der Waals surface area contributed by atoms with Crippen molar-refractivity contribution in [2.75, 3.05) is 18.4 Å². The van der Waals surface area contributed by atoms with Gasteiger partial charge in [0.05, 0.1) is 0 Å². The van der Waals surface area contributed by atoms with Gasteiger partial charge in [0.25, 0.3) is 11.1 Å². The van der Waals surface area contributed by atoms with Crippen LogP contribution in [0.1, 0.15) is 29.6 Å². The zero-order chi connectivity index (χ0) is 17.6. The Labute approximate surface area is 161 Å². The van der Waals surface area contributed by atoms with Crippen LogP contribution in [-0.2, 0) is 0 Å². The van der Waals surface area contributed by atoms with E-state index < -0.39 is 0 Å². The molecule has 2 aromatic carbocycles. The zero-order valence-electron chi connectivity index (χ0n) is 13.7. The molecule has 1 aliphatic heterocycles. The first-order chi connectivity index (χ1) is 12.1. The number of halogens is 1. The Morgan fingerprint density at radius 3 is 2.52 bits per heavy atom. The summed E-state index contributed by atoms with van der Waals surface area (Å²) >= 11 is 8.76. The van der Waals surface area contributed by atoms with Gasteiger partial charge in [0, 0.05) is 28.8 Å². The van der Waals surface area contributed by atoms with Gasteiger partial charge in [0.1, 0.15) is 5.75 Å². The van der Waals surface area contributed by atoms with Gasteiger partial charge in [-0.2, -0.15) is 0 Å². The molecule has 0 bridgehead atoms. The maximum Gasteiger partial charge on any atom is 0.264 e. The van der Waals surface area contributed by atoms with Gasteiger partial charge in [-0.1, -0.05) is 22.0 Å². The molecule has 1 aliphatic rings. The summed E-state index contributed by atoms with van der Waals surface area (Å²) in [5.74, 6) is 0.399. The van der Waals surface area contributed by atoms with E-state index in [1.807, 2.05) is 30.3 Å². The van der Waals surface area contributed by atoms with Gasteiger partial charge in [-0.3, -0.25) is 4.79 Å². The highest BCUT2D eigenvalue weighted by molar-refractivity contribution is 9.10. The van der Waals surface area contributed by atoms with Crippen LogP contribution in [-0.4, -0.2) is 29.1 Å². The lowest BCUT2D eigenvalue weighted by Gasteiger charge is -2.28. The minimum atomic E-state index is -0.184. The first kappa shape index (κ1) is 17.9. The van der Waals surface area contributed by atoms with Gasteiger partial charge in [-0.25, -0.2) is 0 Å². The molecule has 3 rings (SSSR count). The molecule has 2 aromatic rings. The van der Waals surface area contributed by atoms with Crippen molar-refractivity contribution < 1.29 is 9.53 Å². The Morgan fingerprint density at radius 1 is 1.08 bits per heavy atom. The molecule has 1 fully saturated rings. The van der Waals surface area contributed by atoms with E-state index in [0.717, 1.165) is 36.1 Å². The lowest BCUT2D eigenvalue weighted by molar-refractivity contribution is 0.102. The highest BCUT2D eigenvalue weighted by Gasteiger charge is 2.15. The number of benzene rings is 2. The Hall–Kier alpha value is -1.92. The second kappa shape index (κ2) is 8.45. The minimum absolute atomic E-state index is 0.184. The molecule has 0 radical (unpaired) electrons. The number of nitrogens with one attached hydrogen (secondary N) is 1. The summed E-state index contributed by atoms with van der Waals surface area (Å²) in [6, 6.07) is 14.5. The van der Waals surface area contributed by atoms with Crippen molar-refractivity contribution in [1.29, 1.82) is 0 Å². The summed E-state index contributed by atoms with van der Waals surface area (Å²) in [4.78, 5) is 14.5. The van der Waals surface area contributed by atoms with Crippen LogP contribution in [0.3, 0.4) is 0 Å². The van der Waals surface area contributed by atoms with Crippen LogP contribution < -0.4 is 10.1 Å². The van der Waals surface area contributed by atoms with E-state index in [4.69, 9.17) is 17.0 Å². The standard InChI is InChI=1S/C19H19BrN2O2S/c20-15-7-9-16(10-8-15)21-18(23)14-5-4-6-17(13-14)24-19(25)22-11-2-1-3-12-22/h4-10,13H,1-3,11-12H2,(H,21,23). The number of amides is 1. The molecule has 0 unspecified atom stereocenters. The molecule has 6 heteroatoms. The van der Waals surface area contributed by atoms with Crippen LogP contribution >= 0.6 is 28.1 Å². The molecule has 0 aromatic heterocycles. The molecule has 0 saturated carbocycles. The molecule has 1 N–H and O–H groups in total. The van der Waals surface area contributed by atoms with E-state index in [2.05, 4.69) is 26.1 Å². The lowest BCUT2D eigenvalue weighted by atomic mass is 10.1. The Bertz CT molecular complexity index is 758. The van der Waals surface area contributed by atoms with Gasteiger partial charge >= 0.3 is 0 Å². The van der Waals surface area contributed by atoms with E-state index in [1.165, 1.54) is 6.42 Å². The van der Waals surface area contributed by atoms with Crippen molar-refractivity contribution in [2.24, 2.45) is 0 Å². The fourth-order valence-electron chi connectivity index (χ4n) is 2.68. The monoisotopic (exact) mass is 418 g/mol. The van der Waals surface area contributed by atoms with Gasteiger partial charge in [0.2, 0.25) is 0 Å². The predicted octanol–water partition coefficient (Wildman–Crippen LogP) is 4.85. The van der Waals surface area contributed by atoms with Crippen molar-refractivity contribution in [3.8, 4) is 5.75 Å². The number of hydrogen-bond donors (Lipinski definition) is 1. The van der Waals surface area contributed by atoms with Gasteiger partial charge < -0.3 is 15.0 Å². The van der Waals surface area contributed by atoms with Crippen LogP contribution in [0.15, 0.2) is 53.0 Å². The summed E-state index contributed by atoms with van der Waals surface area (Å²) in [7, 11) is 0. The smallest absolute Gasteiger partial charge is 0.264 e. The summed E-state index contributed by atoms with van der Waals surface area (Å²) in [5, 5.41) is 3.35. The Morgan fingerprint density at radius 2 is 1.80 bits per heavy atom. The summed E-state index contributed by atoms with van der Waals surface area (Å²) in [6.07, 6.45) is 3.52. The minimum Gasteiger partial charge on any atom is -0.432 e. The number of likely N-dealkylation sites (tertiary alicyclic amines) is 1. The lowest BCUT2D eigenvalue weighted by Crippen LogP contribution is -2.37. The molecular formula is C19H19BrN2O2S. The quantitative estimate of drug-likeness (QED) is 0.723. The Balaban J connectivity index is 1.64. The number of piperidine rings is 1. The average molecular weight is 419 g/mol. The highest BCUT2D eigenvalue weighted by Crippen LogP contribution is 2.19. The van der Waals surface area contributed by atoms with Crippen LogP contribution in [0.2, 0.25) is 0 Å². The van der Waals surface area contributed by atoms with Crippen molar-refractivity contribution in [1.82, 2.24) is 4.90 Å². The fraction of sp³-hybridized carbons (Fsp3) is 0.263. The first-order valence-corrected chi connectivity index (χ1v) is 9.46. The van der Waals surface area contributed by atoms with Crippen molar-refractivity contribution in [3.05, 3.63) is 58.6 Å². The van der Waals surface area contributed by atoms with E-state index in [1.54, 1.807) is 18.2 Å².